The Morgan fingerprint density at radius 3 is 2.62 bits per heavy atom. The van der Waals surface area contributed by atoms with Crippen LogP contribution >= 0.6 is 0 Å². The van der Waals surface area contributed by atoms with Crippen LogP contribution in [0.2, 0.25) is 0 Å². The van der Waals surface area contributed by atoms with Crippen LogP contribution in [0.25, 0.3) is 0 Å². The number of benzene rings is 2. The topological polar surface area (TPSA) is 75.7 Å². The Labute approximate surface area is 190 Å². The number of hydrogen-bond donors (Lipinski definition) is 1. The number of aryl methyl sites for hydroxylation is 1. The molecule has 0 radical (unpaired) electrons. The van der Waals surface area contributed by atoms with Gasteiger partial charge in [-0.05, 0) is 80.1 Å². The zero-order valence-electron chi connectivity index (χ0n) is 18.3. The fourth-order valence-corrected chi connectivity index (χ4v) is 6.84. The van der Waals surface area contributed by atoms with Crippen molar-refractivity contribution in [1.82, 2.24) is 5.32 Å². The highest BCUT2D eigenvalue weighted by Crippen LogP contribution is 2.35. The molecule has 32 heavy (non-hydrogen) atoms. The molecule has 6 nitrogen and oxygen atoms in total. The third-order valence-corrected chi connectivity index (χ3v) is 8.94. The summed E-state index contributed by atoms with van der Waals surface area (Å²) in [6.45, 7) is 3.07. The maximum atomic E-state index is 12.2. The number of nitrogens with zero attached hydrogens (tertiary/aromatic N) is 1. The minimum atomic E-state index is -3.16. The van der Waals surface area contributed by atoms with E-state index in [1.807, 2.05) is 30.3 Å². The van der Waals surface area contributed by atoms with E-state index in [1.165, 1.54) is 9.87 Å². The molecule has 1 N–H and O–H groups in total. The summed E-state index contributed by atoms with van der Waals surface area (Å²) in [7, 11) is -3.16. The summed E-state index contributed by atoms with van der Waals surface area (Å²) in [5, 5.41) is 3.49. The molecule has 7 heteroatoms. The lowest BCUT2D eigenvalue weighted by Gasteiger charge is -2.26. The summed E-state index contributed by atoms with van der Waals surface area (Å²) in [5.41, 5.74) is 3.92. The van der Waals surface area contributed by atoms with E-state index >= 15 is 0 Å². The van der Waals surface area contributed by atoms with Crippen LogP contribution in [-0.2, 0) is 16.4 Å². The lowest BCUT2D eigenvalue weighted by Crippen LogP contribution is -2.25. The molecular formula is C25H30N2O4S. The molecule has 2 fully saturated rings. The van der Waals surface area contributed by atoms with Crippen molar-refractivity contribution in [3.05, 3.63) is 59.2 Å². The molecule has 0 amide bonds. The fourth-order valence-electron chi connectivity index (χ4n) is 5.27. The van der Waals surface area contributed by atoms with Crippen molar-refractivity contribution < 1.29 is 17.9 Å². The Hall–Kier alpha value is -2.38. The second-order valence-electron chi connectivity index (χ2n) is 9.08. The van der Waals surface area contributed by atoms with Crippen LogP contribution in [-0.4, -0.2) is 46.2 Å². The van der Waals surface area contributed by atoms with Crippen LogP contribution in [0.5, 0.6) is 5.75 Å². The van der Waals surface area contributed by atoms with E-state index in [9.17, 15) is 13.2 Å². The maximum Gasteiger partial charge on any atom is 0.235 e. The van der Waals surface area contributed by atoms with Gasteiger partial charge in [0.25, 0.3) is 0 Å². The van der Waals surface area contributed by atoms with Crippen molar-refractivity contribution >= 4 is 21.5 Å². The number of ketones is 1. The molecule has 2 aliphatic heterocycles. The van der Waals surface area contributed by atoms with Gasteiger partial charge in [0.1, 0.15) is 5.75 Å². The number of sulfonamides is 1. The van der Waals surface area contributed by atoms with Crippen molar-refractivity contribution in [3.8, 4) is 5.75 Å². The molecule has 0 aromatic heterocycles. The summed E-state index contributed by atoms with van der Waals surface area (Å²) < 4.78 is 32.2. The van der Waals surface area contributed by atoms with E-state index in [4.69, 9.17) is 4.74 Å². The summed E-state index contributed by atoms with van der Waals surface area (Å²) in [4.78, 5) is 12.1. The van der Waals surface area contributed by atoms with Gasteiger partial charge in [0, 0.05) is 24.4 Å². The first-order valence-corrected chi connectivity index (χ1v) is 13.2. The summed E-state index contributed by atoms with van der Waals surface area (Å²) >= 11 is 0. The smallest absolute Gasteiger partial charge is 0.235 e. The van der Waals surface area contributed by atoms with Gasteiger partial charge in [-0.25, -0.2) is 8.42 Å². The molecule has 0 spiro atoms. The minimum Gasteiger partial charge on any atom is -0.493 e. The van der Waals surface area contributed by atoms with Gasteiger partial charge in [0.05, 0.1) is 18.0 Å². The second-order valence-corrected chi connectivity index (χ2v) is 11.1. The number of ether oxygens (including phenoxy) is 1. The number of rotatable bonds is 5. The van der Waals surface area contributed by atoms with Gasteiger partial charge in [-0.3, -0.25) is 9.10 Å². The molecule has 2 saturated heterocycles. The highest BCUT2D eigenvalue weighted by atomic mass is 32.2. The molecule has 2 aromatic rings. The van der Waals surface area contributed by atoms with Gasteiger partial charge in [-0.15, -0.1) is 0 Å². The lowest BCUT2D eigenvalue weighted by atomic mass is 9.83. The van der Waals surface area contributed by atoms with Gasteiger partial charge < -0.3 is 10.1 Å². The number of fused-ring (bicyclic) bond motifs is 1. The molecule has 2 aromatic carbocycles. The zero-order valence-corrected chi connectivity index (χ0v) is 19.1. The van der Waals surface area contributed by atoms with Gasteiger partial charge in [0.2, 0.25) is 10.0 Å². The quantitative estimate of drug-likeness (QED) is 0.748. The molecule has 5 rings (SSSR count). The first kappa shape index (κ1) is 21.5. The van der Waals surface area contributed by atoms with Crippen molar-refractivity contribution in [2.75, 3.05) is 36.3 Å². The standard InChI is InChI=1S/C25H30N2O4S/c28-25-9-5-19-4-8-22(16-24(19)25)31-17-20-10-12-26-13-11-23(20)18-2-6-21(7-3-18)27-14-1-15-32(27,29)30/h2-4,6-8,16,20,23,26H,1,5,9-15,17H2/t20-,23-/m0/s1. The van der Waals surface area contributed by atoms with Crippen molar-refractivity contribution in [2.24, 2.45) is 5.92 Å². The van der Waals surface area contributed by atoms with Gasteiger partial charge in [-0.1, -0.05) is 18.2 Å². The van der Waals surface area contributed by atoms with E-state index in [1.54, 1.807) is 0 Å². The second kappa shape index (κ2) is 8.87. The van der Waals surface area contributed by atoms with Crippen LogP contribution in [0.15, 0.2) is 42.5 Å². The van der Waals surface area contributed by atoms with E-state index in [2.05, 4.69) is 17.4 Å². The molecule has 0 unspecified atom stereocenters. The molecule has 2 heterocycles. The molecule has 1 aliphatic carbocycles. The molecule has 3 aliphatic rings. The molecule has 2 atom stereocenters. The lowest BCUT2D eigenvalue weighted by molar-refractivity contribution is 0.0994. The van der Waals surface area contributed by atoms with Gasteiger partial charge >= 0.3 is 0 Å². The minimum absolute atomic E-state index is 0.210. The Morgan fingerprint density at radius 2 is 1.84 bits per heavy atom. The SMILES string of the molecule is O=C1CCc2ccc(OC[C@@H]3CCNCC[C@H]3c3ccc(N4CCCS4(=O)=O)cc3)cc21. The normalized spacial score (nSPS) is 24.9. The predicted octanol–water partition coefficient (Wildman–Crippen LogP) is 3.52. The number of nitrogens with one attached hydrogen (secondary N) is 1. The van der Waals surface area contributed by atoms with Crippen molar-refractivity contribution in [3.63, 3.8) is 0 Å². The van der Waals surface area contributed by atoms with Crippen molar-refractivity contribution in [1.29, 1.82) is 0 Å². The zero-order chi connectivity index (χ0) is 22.1. The number of carbonyl (C=O) groups is 1. The van der Waals surface area contributed by atoms with Crippen LogP contribution in [0.1, 0.15) is 53.1 Å². The van der Waals surface area contributed by atoms with Crippen LogP contribution < -0.4 is 14.4 Å². The molecule has 170 valence electrons. The van der Waals surface area contributed by atoms with Crippen LogP contribution in [0.3, 0.4) is 0 Å². The third-order valence-electron chi connectivity index (χ3n) is 7.07. The Morgan fingerprint density at radius 1 is 1.03 bits per heavy atom. The summed E-state index contributed by atoms with van der Waals surface area (Å²) in [5.74, 6) is 1.89. The highest BCUT2D eigenvalue weighted by molar-refractivity contribution is 7.93. The Kier molecular flexibility index (Phi) is 5.95. The summed E-state index contributed by atoms with van der Waals surface area (Å²) in [6.07, 6.45) is 4.14. The predicted molar refractivity (Wildman–Crippen MR) is 125 cm³/mol. The van der Waals surface area contributed by atoms with E-state index in [0.29, 0.717) is 37.8 Å². The first-order valence-electron chi connectivity index (χ1n) is 11.6. The number of hydrogen-bond acceptors (Lipinski definition) is 5. The number of anilines is 1. The fraction of sp³-hybridized carbons (Fsp3) is 0.480. The van der Waals surface area contributed by atoms with Crippen LogP contribution in [0.4, 0.5) is 5.69 Å². The highest BCUT2D eigenvalue weighted by Gasteiger charge is 2.30. The first-order chi connectivity index (χ1) is 15.5. The third kappa shape index (κ3) is 4.28. The van der Waals surface area contributed by atoms with Crippen molar-refractivity contribution in [2.45, 2.75) is 38.0 Å². The van der Waals surface area contributed by atoms with E-state index in [0.717, 1.165) is 54.9 Å². The van der Waals surface area contributed by atoms with E-state index in [-0.39, 0.29) is 11.5 Å². The van der Waals surface area contributed by atoms with E-state index < -0.39 is 10.0 Å². The maximum absolute atomic E-state index is 12.2. The largest absolute Gasteiger partial charge is 0.493 e. The average molecular weight is 455 g/mol. The van der Waals surface area contributed by atoms with Gasteiger partial charge in [-0.2, -0.15) is 0 Å². The molecular weight excluding hydrogens is 424 g/mol. The molecule has 0 saturated carbocycles. The number of carbonyl (C=O) groups excluding carboxylic acids is 1. The summed E-state index contributed by atoms with van der Waals surface area (Å²) in [6, 6.07) is 14.0. The molecule has 0 bridgehead atoms. The average Bonchev–Trinajstić information content (AvgIpc) is 3.24. The van der Waals surface area contributed by atoms with Gasteiger partial charge in [0.15, 0.2) is 5.78 Å². The van der Waals surface area contributed by atoms with Crippen LogP contribution in [0, 0.1) is 5.92 Å². The monoisotopic (exact) mass is 454 g/mol. The number of Topliss-reactive ketones (excluding diaryl/α,β-unsaturated/α-hetero) is 1. The Bertz CT molecular complexity index is 1100. The Balaban J connectivity index is 1.31.